The molecule has 1 unspecified atom stereocenters. The molecular formula is C14H30N2. The molecule has 1 aliphatic rings. The van der Waals surface area contributed by atoms with Crippen molar-refractivity contribution in [3.05, 3.63) is 0 Å². The predicted molar refractivity (Wildman–Crippen MR) is 71.6 cm³/mol. The minimum Gasteiger partial charge on any atom is -0.329 e. The molecule has 0 spiro atoms. The minimum absolute atomic E-state index is 0.613. The molecular weight excluding hydrogens is 196 g/mol. The van der Waals surface area contributed by atoms with E-state index >= 15 is 0 Å². The third-order valence-electron chi connectivity index (χ3n) is 3.97. The van der Waals surface area contributed by atoms with E-state index in [4.69, 9.17) is 5.73 Å². The van der Waals surface area contributed by atoms with Crippen molar-refractivity contribution in [2.75, 3.05) is 13.1 Å². The number of nitrogens with zero attached hydrogens (tertiary/aromatic N) is 1. The second-order valence-electron chi connectivity index (χ2n) is 5.66. The van der Waals surface area contributed by atoms with Crippen LogP contribution in [0.15, 0.2) is 0 Å². The van der Waals surface area contributed by atoms with Crippen molar-refractivity contribution in [1.82, 2.24) is 4.90 Å². The second kappa shape index (κ2) is 7.29. The van der Waals surface area contributed by atoms with Gasteiger partial charge in [-0.2, -0.15) is 0 Å². The first-order chi connectivity index (χ1) is 7.69. The Morgan fingerprint density at radius 3 is 2.31 bits per heavy atom. The van der Waals surface area contributed by atoms with Gasteiger partial charge in [-0.25, -0.2) is 0 Å². The molecule has 1 rings (SSSR count). The highest BCUT2D eigenvalue weighted by atomic mass is 15.2. The van der Waals surface area contributed by atoms with Crippen molar-refractivity contribution in [2.24, 2.45) is 11.7 Å². The molecule has 0 amide bonds. The molecule has 2 heteroatoms. The molecule has 0 radical (unpaired) electrons. The zero-order chi connectivity index (χ0) is 12.0. The molecule has 0 bridgehead atoms. The van der Waals surface area contributed by atoms with Gasteiger partial charge >= 0.3 is 0 Å². The van der Waals surface area contributed by atoms with Crippen LogP contribution in [0.1, 0.15) is 59.3 Å². The van der Waals surface area contributed by atoms with Crippen LogP contribution in [0.2, 0.25) is 0 Å². The van der Waals surface area contributed by atoms with Crippen molar-refractivity contribution in [3.63, 3.8) is 0 Å². The quantitative estimate of drug-likeness (QED) is 0.723. The van der Waals surface area contributed by atoms with Gasteiger partial charge in [0.15, 0.2) is 0 Å². The first-order valence-corrected chi connectivity index (χ1v) is 7.14. The average molecular weight is 226 g/mol. The van der Waals surface area contributed by atoms with Gasteiger partial charge in [0, 0.05) is 18.6 Å². The molecule has 0 aliphatic heterocycles. The summed E-state index contributed by atoms with van der Waals surface area (Å²) < 4.78 is 0. The summed E-state index contributed by atoms with van der Waals surface area (Å²) in [5, 5.41) is 0. The van der Waals surface area contributed by atoms with Crippen LogP contribution in [0.25, 0.3) is 0 Å². The molecule has 1 fully saturated rings. The van der Waals surface area contributed by atoms with Crippen LogP contribution in [-0.4, -0.2) is 30.1 Å². The Hall–Kier alpha value is -0.0800. The molecule has 0 heterocycles. The zero-order valence-corrected chi connectivity index (χ0v) is 11.4. The Balaban J connectivity index is 2.52. The van der Waals surface area contributed by atoms with Crippen LogP contribution in [0.5, 0.6) is 0 Å². The normalized spacial score (nSPS) is 19.9. The van der Waals surface area contributed by atoms with E-state index < -0.39 is 0 Å². The Morgan fingerprint density at radius 1 is 1.25 bits per heavy atom. The average Bonchev–Trinajstić information content (AvgIpc) is 2.77. The SMILES string of the molecule is CCC(CN)N(CCC(C)C)C1CCCC1. The summed E-state index contributed by atoms with van der Waals surface area (Å²) in [6, 6.07) is 1.44. The summed E-state index contributed by atoms with van der Waals surface area (Å²) in [7, 11) is 0. The molecule has 0 aromatic rings. The number of nitrogens with two attached hydrogens (primary N) is 1. The fourth-order valence-electron chi connectivity index (χ4n) is 2.84. The van der Waals surface area contributed by atoms with Gasteiger partial charge in [-0.15, -0.1) is 0 Å². The van der Waals surface area contributed by atoms with Gasteiger partial charge < -0.3 is 5.73 Å². The third kappa shape index (κ3) is 4.06. The van der Waals surface area contributed by atoms with Crippen molar-refractivity contribution >= 4 is 0 Å². The highest BCUT2D eigenvalue weighted by Crippen LogP contribution is 2.26. The summed E-state index contributed by atoms with van der Waals surface area (Å²) >= 11 is 0. The minimum atomic E-state index is 0.613. The van der Waals surface area contributed by atoms with Crippen LogP contribution in [0, 0.1) is 5.92 Å². The van der Waals surface area contributed by atoms with Gasteiger partial charge in [0.2, 0.25) is 0 Å². The van der Waals surface area contributed by atoms with Crippen molar-refractivity contribution in [1.29, 1.82) is 0 Å². The fraction of sp³-hybridized carbons (Fsp3) is 1.00. The van der Waals surface area contributed by atoms with Gasteiger partial charge in [-0.1, -0.05) is 33.6 Å². The largest absolute Gasteiger partial charge is 0.329 e. The molecule has 1 atom stereocenters. The highest BCUT2D eigenvalue weighted by Gasteiger charge is 2.26. The van der Waals surface area contributed by atoms with Crippen molar-refractivity contribution in [2.45, 2.75) is 71.4 Å². The number of hydrogen-bond donors (Lipinski definition) is 1. The van der Waals surface area contributed by atoms with E-state index in [1.54, 1.807) is 0 Å². The smallest absolute Gasteiger partial charge is 0.0218 e. The predicted octanol–water partition coefficient (Wildman–Crippen LogP) is 3.01. The standard InChI is InChI=1S/C14H30N2/c1-4-13(11-15)16(10-9-12(2)3)14-7-5-6-8-14/h12-14H,4-11,15H2,1-3H3. The van der Waals surface area contributed by atoms with E-state index in [0.717, 1.165) is 18.5 Å². The van der Waals surface area contributed by atoms with Gasteiger partial charge in [0.25, 0.3) is 0 Å². The number of rotatable bonds is 7. The maximum absolute atomic E-state index is 5.92. The molecule has 96 valence electrons. The Bertz CT molecular complexity index is 168. The van der Waals surface area contributed by atoms with Gasteiger partial charge in [0.05, 0.1) is 0 Å². The first kappa shape index (κ1) is 14.0. The molecule has 2 N–H and O–H groups in total. The topological polar surface area (TPSA) is 29.3 Å². The lowest BCUT2D eigenvalue weighted by Gasteiger charge is -2.36. The lowest BCUT2D eigenvalue weighted by molar-refractivity contribution is 0.127. The van der Waals surface area contributed by atoms with Crippen molar-refractivity contribution in [3.8, 4) is 0 Å². The van der Waals surface area contributed by atoms with Gasteiger partial charge in [0.1, 0.15) is 0 Å². The van der Waals surface area contributed by atoms with Crippen LogP contribution < -0.4 is 5.73 Å². The Morgan fingerprint density at radius 2 is 1.88 bits per heavy atom. The van der Waals surface area contributed by atoms with Gasteiger partial charge in [-0.3, -0.25) is 4.90 Å². The zero-order valence-electron chi connectivity index (χ0n) is 11.4. The fourth-order valence-corrected chi connectivity index (χ4v) is 2.84. The van der Waals surface area contributed by atoms with Crippen LogP contribution in [0.3, 0.4) is 0 Å². The molecule has 1 aliphatic carbocycles. The number of hydrogen-bond acceptors (Lipinski definition) is 2. The summed E-state index contributed by atoms with van der Waals surface area (Å²) in [5.74, 6) is 0.805. The van der Waals surface area contributed by atoms with E-state index in [1.807, 2.05) is 0 Å². The van der Waals surface area contributed by atoms with E-state index in [-0.39, 0.29) is 0 Å². The van der Waals surface area contributed by atoms with E-state index in [9.17, 15) is 0 Å². The summed E-state index contributed by atoms with van der Waals surface area (Å²) in [5.41, 5.74) is 5.92. The van der Waals surface area contributed by atoms with E-state index in [0.29, 0.717) is 6.04 Å². The molecule has 0 aromatic carbocycles. The highest BCUT2D eigenvalue weighted by molar-refractivity contribution is 4.83. The Kier molecular flexibility index (Phi) is 6.37. The molecule has 0 saturated heterocycles. The summed E-state index contributed by atoms with van der Waals surface area (Å²) in [6.45, 7) is 8.98. The third-order valence-corrected chi connectivity index (χ3v) is 3.97. The van der Waals surface area contributed by atoms with E-state index in [1.165, 1.54) is 45.1 Å². The Labute approximate surface area is 102 Å². The second-order valence-corrected chi connectivity index (χ2v) is 5.66. The molecule has 0 aromatic heterocycles. The molecule has 16 heavy (non-hydrogen) atoms. The summed E-state index contributed by atoms with van der Waals surface area (Å²) in [4.78, 5) is 2.72. The van der Waals surface area contributed by atoms with Crippen molar-refractivity contribution < 1.29 is 0 Å². The van der Waals surface area contributed by atoms with Crippen LogP contribution >= 0.6 is 0 Å². The van der Waals surface area contributed by atoms with Gasteiger partial charge in [-0.05, 0) is 38.1 Å². The lowest BCUT2D eigenvalue weighted by atomic mass is 10.0. The monoisotopic (exact) mass is 226 g/mol. The lowest BCUT2D eigenvalue weighted by Crippen LogP contribution is -2.46. The van der Waals surface area contributed by atoms with E-state index in [2.05, 4.69) is 25.7 Å². The molecule has 1 saturated carbocycles. The molecule has 2 nitrogen and oxygen atoms in total. The van der Waals surface area contributed by atoms with Crippen LogP contribution in [-0.2, 0) is 0 Å². The van der Waals surface area contributed by atoms with Crippen LogP contribution in [0.4, 0.5) is 0 Å². The summed E-state index contributed by atoms with van der Waals surface area (Å²) in [6.07, 6.45) is 8.15. The maximum atomic E-state index is 5.92. The maximum Gasteiger partial charge on any atom is 0.0218 e. The first-order valence-electron chi connectivity index (χ1n) is 7.14.